The van der Waals surface area contributed by atoms with Crippen molar-refractivity contribution in [3.63, 3.8) is 0 Å². The molecule has 0 N–H and O–H groups in total. The lowest BCUT2D eigenvalue weighted by molar-refractivity contribution is -0.137. The monoisotopic (exact) mass is 347 g/mol. The Balaban J connectivity index is 1.98. The van der Waals surface area contributed by atoms with Crippen molar-refractivity contribution in [3.05, 3.63) is 65.2 Å². The highest BCUT2D eigenvalue weighted by molar-refractivity contribution is 5.89. The molecule has 25 heavy (non-hydrogen) atoms. The summed E-state index contributed by atoms with van der Waals surface area (Å²) in [4.78, 5) is 14.7. The number of nitrogens with zero attached hydrogens (tertiary/aromatic N) is 1. The Kier molecular flexibility index (Phi) is 4.84. The molecule has 0 aromatic heterocycles. The molecule has 1 aliphatic rings. The first-order valence-electron chi connectivity index (χ1n) is 8.46. The van der Waals surface area contributed by atoms with Gasteiger partial charge in [-0.15, -0.1) is 0 Å². The molecule has 1 heterocycles. The molecule has 0 radical (unpaired) electrons. The Morgan fingerprint density at radius 3 is 2.44 bits per heavy atom. The van der Waals surface area contributed by atoms with Gasteiger partial charge in [-0.05, 0) is 48.2 Å². The molecular formula is C20H20F3NO. The number of carbonyl (C=O) groups is 1. The van der Waals surface area contributed by atoms with E-state index in [0.717, 1.165) is 36.1 Å². The minimum atomic E-state index is -4.36. The van der Waals surface area contributed by atoms with Gasteiger partial charge in [-0.1, -0.05) is 31.2 Å². The SMILES string of the molecule is CCCC(=O)[C@@H]1c2ccccc2CCN1c1ccc(C(F)(F)F)cc1. The zero-order valence-corrected chi connectivity index (χ0v) is 14.0. The third kappa shape index (κ3) is 3.55. The van der Waals surface area contributed by atoms with E-state index in [0.29, 0.717) is 18.7 Å². The van der Waals surface area contributed by atoms with Crippen molar-refractivity contribution in [3.8, 4) is 0 Å². The number of hydrogen-bond donors (Lipinski definition) is 0. The molecule has 0 spiro atoms. The van der Waals surface area contributed by atoms with Gasteiger partial charge in [0.05, 0.1) is 5.56 Å². The van der Waals surface area contributed by atoms with Gasteiger partial charge in [0.25, 0.3) is 0 Å². The zero-order chi connectivity index (χ0) is 18.0. The third-order valence-corrected chi connectivity index (χ3v) is 4.61. The van der Waals surface area contributed by atoms with Crippen molar-refractivity contribution < 1.29 is 18.0 Å². The van der Waals surface area contributed by atoms with Crippen LogP contribution in [0.15, 0.2) is 48.5 Å². The van der Waals surface area contributed by atoms with Crippen LogP contribution >= 0.6 is 0 Å². The summed E-state index contributed by atoms with van der Waals surface area (Å²) >= 11 is 0. The minimum Gasteiger partial charge on any atom is -0.357 e. The van der Waals surface area contributed by atoms with Crippen LogP contribution < -0.4 is 4.90 Å². The molecule has 0 fully saturated rings. The topological polar surface area (TPSA) is 20.3 Å². The van der Waals surface area contributed by atoms with E-state index in [4.69, 9.17) is 0 Å². The van der Waals surface area contributed by atoms with Crippen LogP contribution in [-0.4, -0.2) is 12.3 Å². The van der Waals surface area contributed by atoms with Gasteiger partial charge in [-0.2, -0.15) is 13.2 Å². The smallest absolute Gasteiger partial charge is 0.357 e. The number of benzene rings is 2. The van der Waals surface area contributed by atoms with Crippen molar-refractivity contribution >= 4 is 11.5 Å². The van der Waals surface area contributed by atoms with Crippen LogP contribution in [0.5, 0.6) is 0 Å². The lowest BCUT2D eigenvalue weighted by Crippen LogP contribution is -2.39. The second kappa shape index (κ2) is 6.90. The minimum absolute atomic E-state index is 0.106. The van der Waals surface area contributed by atoms with E-state index in [9.17, 15) is 18.0 Å². The van der Waals surface area contributed by atoms with E-state index < -0.39 is 17.8 Å². The summed E-state index contributed by atoms with van der Waals surface area (Å²) in [5.74, 6) is 0.106. The van der Waals surface area contributed by atoms with Crippen LogP contribution in [-0.2, 0) is 17.4 Å². The van der Waals surface area contributed by atoms with Crippen molar-refractivity contribution in [2.45, 2.75) is 38.4 Å². The third-order valence-electron chi connectivity index (χ3n) is 4.61. The second-order valence-electron chi connectivity index (χ2n) is 6.31. The fraction of sp³-hybridized carbons (Fsp3) is 0.350. The standard InChI is InChI=1S/C20H20F3NO/c1-2-5-18(25)19-17-7-4-3-6-14(17)12-13-24(19)16-10-8-15(9-11-16)20(21,22)23/h3-4,6-11,19H,2,5,12-13H2,1H3/t19-/m0/s1. The average molecular weight is 347 g/mol. The van der Waals surface area contributed by atoms with Gasteiger partial charge in [0.15, 0.2) is 5.78 Å². The van der Waals surface area contributed by atoms with Gasteiger partial charge in [-0.25, -0.2) is 0 Å². The summed E-state index contributed by atoms with van der Waals surface area (Å²) in [7, 11) is 0. The summed E-state index contributed by atoms with van der Waals surface area (Å²) in [6, 6.07) is 12.5. The quantitative estimate of drug-likeness (QED) is 0.760. The van der Waals surface area contributed by atoms with Gasteiger partial charge in [0, 0.05) is 18.7 Å². The Hall–Kier alpha value is -2.30. The van der Waals surface area contributed by atoms with E-state index in [1.807, 2.05) is 36.1 Å². The maximum absolute atomic E-state index is 12.8. The molecule has 0 unspecified atom stereocenters. The van der Waals surface area contributed by atoms with Crippen LogP contribution in [0.2, 0.25) is 0 Å². The zero-order valence-electron chi connectivity index (χ0n) is 14.0. The Morgan fingerprint density at radius 1 is 1.12 bits per heavy atom. The molecule has 2 nitrogen and oxygen atoms in total. The predicted molar refractivity (Wildman–Crippen MR) is 91.6 cm³/mol. The highest BCUT2D eigenvalue weighted by atomic mass is 19.4. The molecule has 1 aliphatic heterocycles. The number of rotatable bonds is 4. The van der Waals surface area contributed by atoms with Crippen LogP contribution in [0.4, 0.5) is 18.9 Å². The molecule has 1 atom stereocenters. The summed E-state index contributed by atoms with van der Waals surface area (Å²) in [5.41, 5.74) is 2.08. The Morgan fingerprint density at radius 2 is 1.80 bits per heavy atom. The summed E-state index contributed by atoms with van der Waals surface area (Å²) < 4.78 is 38.4. The number of halogens is 3. The first-order valence-corrected chi connectivity index (χ1v) is 8.46. The summed E-state index contributed by atoms with van der Waals surface area (Å²) in [6.45, 7) is 2.57. The van der Waals surface area contributed by atoms with Crippen LogP contribution in [0.25, 0.3) is 0 Å². The first kappa shape index (κ1) is 17.5. The predicted octanol–water partition coefficient (Wildman–Crippen LogP) is 5.18. The molecule has 0 saturated heterocycles. The summed E-state index contributed by atoms with van der Waals surface area (Å²) in [5, 5.41) is 0. The normalized spacial score (nSPS) is 17.3. The van der Waals surface area contributed by atoms with E-state index in [2.05, 4.69) is 0 Å². The average Bonchev–Trinajstić information content (AvgIpc) is 2.60. The van der Waals surface area contributed by atoms with Crippen LogP contribution in [0, 0.1) is 0 Å². The molecule has 0 saturated carbocycles. The van der Waals surface area contributed by atoms with Gasteiger partial charge in [0.2, 0.25) is 0 Å². The molecule has 2 aromatic rings. The second-order valence-corrected chi connectivity index (χ2v) is 6.31. The number of ketones is 1. The molecule has 5 heteroatoms. The van der Waals surface area contributed by atoms with Gasteiger partial charge in [0.1, 0.15) is 6.04 Å². The molecule has 132 valence electrons. The number of alkyl halides is 3. The molecule has 0 bridgehead atoms. The van der Waals surface area contributed by atoms with Crippen molar-refractivity contribution in [1.29, 1.82) is 0 Å². The largest absolute Gasteiger partial charge is 0.416 e. The van der Waals surface area contributed by atoms with Crippen molar-refractivity contribution in [2.24, 2.45) is 0 Å². The summed E-state index contributed by atoms with van der Waals surface area (Å²) in [6.07, 6.45) is -2.38. The van der Waals surface area contributed by atoms with Gasteiger partial charge in [-0.3, -0.25) is 4.79 Å². The van der Waals surface area contributed by atoms with Crippen LogP contribution in [0.3, 0.4) is 0 Å². The van der Waals surface area contributed by atoms with Crippen LogP contribution in [0.1, 0.15) is 42.5 Å². The number of hydrogen-bond acceptors (Lipinski definition) is 2. The molecular weight excluding hydrogens is 327 g/mol. The van der Waals surface area contributed by atoms with Gasteiger partial charge >= 0.3 is 6.18 Å². The van der Waals surface area contributed by atoms with E-state index in [-0.39, 0.29) is 5.78 Å². The van der Waals surface area contributed by atoms with Crippen molar-refractivity contribution in [2.75, 3.05) is 11.4 Å². The molecule has 2 aromatic carbocycles. The number of fused-ring (bicyclic) bond motifs is 1. The lowest BCUT2D eigenvalue weighted by atomic mass is 9.88. The highest BCUT2D eigenvalue weighted by Gasteiger charge is 2.34. The fourth-order valence-electron chi connectivity index (χ4n) is 3.42. The van der Waals surface area contributed by atoms with E-state index in [1.54, 1.807) is 0 Å². The number of anilines is 1. The maximum atomic E-state index is 12.8. The molecule has 0 aliphatic carbocycles. The Labute approximate surface area is 145 Å². The molecule has 0 amide bonds. The Bertz CT molecular complexity index is 752. The lowest BCUT2D eigenvalue weighted by Gasteiger charge is -2.38. The number of carbonyl (C=O) groups excluding carboxylic acids is 1. The number of Topliss-reactive ketones (excluding diaryl/α,β-unsaturated/α-hetero) is 1. The van der Waals surface area contributed by atoms with E-state index >= 15 is 0 Å². The van der Waals surface area contributed by atoms with Gasteiger partial charge < -0.3 is 4.90 Å². The van der Waals surface area contributed by atoms with Crippen molar-refractivity contribution in [1.82, 2.24) is 0 Å². The highest BCUT2D eigenvalue weighted by Crippen LogP contribution is 2.37. The maximum Gasteiger partial charge on any atom is 0.416 e. The first-order chi connectivity index (χ1) is 11.9. The molecule has 3 rings (SSSR count). The fourth-order valence-corrected chi connectivity index (χ4v) is 3.42. The van der Waals surface area contributed by atoms with E-state index in [1.165, 1.54) is 12.1 Å².